The van der Waals surface area contributed by atoms with Gasteiger partial charge in [-0.1, -0.05) is 6.07 Å². The van der Waals surface area contributed by atoms with Gasteiger partial charge in [0.2, 0.25) is 0 Å². The molecule has 6 heteroatoms. The minimum Gasteiger partial charge on any atom is -0.494 e. The molecule has 1 N–H and O–H groups in total. The number of ether oxygens (including phenoxy) is 2. The molecule has 0 aliphatic heterocycles. The van der Waals surface area contributed by atoms with E-state index in [1.807, 2.05) is 33.0 Å². The van der Waals surface area contributed by atoms with Gasteiger partial charge in [0.1, 0.15) is 5.75 Å². The van der Waals surface area contributed by atoms with E-state index in [2.05, 4.69) is 5.32 Å². The SMILES string of the molecule is CCOc1ccc(C(C)NC)cc1COC(C)C(F)(F)F. The zero-order valence-corrected chi connectivity index (χ0v) is 12.8. The Morgan fingerprint density at radius 1 is 1.24 bits per heavy atom. The average molecular weight is 305 g/mol. The second kappa shape index (κ2) is 7.66. The minimum absolute atomic E-state index is 0.0967. The van der Waals surface area contributed by atoms with Crippen LogP contribution >= 0.6 is 0 Å². The van der Waals surface area contributed by atoms with Crippen LogP contribution in [0.3, 0.4) is 0 Å². The molecule has 1 aromatic rings. The average Bonchev–Trinajstić information content (AvgIpc) is 2.44. The van der Waals surface area contributed by atoms with Gasteiger partial charge in [0.05, 0.1) is 13.2 Å². The third-order valence-corrected chi connectivity index (χ3v) is 3.27. The van der Waals surface area contributed by atoms with Crippen molar-refractivity contribution in [1.29, 1.82) is 0 Å². The normalized spacial score (nSPS) is 14.8. The summed E-state index contributed by atoms with van der Waals surface area (Å²) in [5, 5.41) is 3.09. The molecule has 0 bridgehead atoms. The van der Waals surface area contributed by atoms with Crippen molar-refractivity contribution < 1.29 is 22.6 Å². The molecular formula is C15H22F3NO2. The molecule has 0 radical (unpaired) electrons. The fourth-order valence-corrected chi connectivity index (χ4v) is 1.75. The monoisotopic (exact) mass is 305 g/mol. The van der Waals surface area contributed by atoms with E-state index in [4.69, 9.17) is 9.47 Å². The van der Waals surface area contributed by atoms with Crippen LogP contribution in [0.1, 0.15) is 37.9 Å². The molecule has 0 heterocycles. The molecule has 0 saturated heterocycles. The number of halogens is 3. The molecule has 0 aliphatic carbocycles. The molecule has 2 atom stereocenters. The van der Waals surface area contributed by atoms with E-state index in [-0.39, 0.29) is 12.6 Å². The molecule has 1 rings (SSSR count). The van der Waals surface area contributed by atoms with Gasteiger partial charge in [-0.3, -0.25) is 0 Å². The molecule has 0 spiro atoms. The molecule has 0 aromatic heterocycles. The van der Waals surface area contributed by atoms with Gasteiger partial charge < -0.3 is 14.8 Å². The van der Waals surface area contributed by atoms with Crippen LogP contribution in [0.5, 0.6) is 5.75 Å². The van der Waals surface area contributed by atoms with Crippen LogP contribution < -0.4 is 10.1 Å². The largest absolute Gasteiger partial charge is 0.494 e. The van der Waals surface area contributed by atoms with Crippen LogP contribution in [-0.2, 0) is 11.3 Å². The first-order chi connectivity index (χ1) is 9.79. The molecule has 21 heavy (non-hydrogen) atoms. The van der Waals surface area contributed by atoms with Crippen molar-refractivity contribution >= 4 is 0 Å². The lowest BCUT2D eigenvalue weighted by Gasteiger charge is -2.19. The molecule has 0 saturated carbocycles. The lowest BCUT2D eigenvalue weighted by molar-refractivity contribution is -0.217. The van der Waals surface area contributed by atoms with Crippen molar-refractivity contribution in [2.45, 2.75) is 45.7 Å². The fraction of sp³-hybridized carbons (Fsp3) is 0.600. The number of hydrogen-bond acceptors (Lipinski definition) is 3. The minimum atomic E-state index is -4.36. The third-order valence-electron chi connectivity index (χ3n) is 3.27. The first kappa shape index (κ1) is 17.8. The summed E-state index contributed by atoms with van der Waals surface area (Å²) in [6, 6.07) is 5.57. The van der Waals surface area contributed by atoms with E-state index in [9.17, 15) is 13.2 Å². The molecule has 0 fully saturated rings. The number of benzene rings is 1. The quantitative estimate of drug-likeness (QED) is 0.830. The van der Waals surface area contributed by atoms with Gasteiger partial charge in [-0.25, -0.2) is 0 Å². The van der Waals surface area contributed by atoms with Crippen molar-refractivity contribution in [3.05, 3.63) is 29.3 Å². The van der Waals surface area contributed by atoms with Crippen molar-refractivity contribution in [2.24, 2.45) is 0 Å². The molecule has 0 aliphatic rings. The van der Waals surface area contributed by atoms with Crippen molar-refractivity contribution in [2.75, 3.05) is 13.7 Å². The Kier molecular flexibility index (Phi) is 6.48. The molecule has 3 nitrogen and oxygen atoms in total. The molecule has 1 aromatic carbocycles. The summed E-state index contributed by atoms with van der Waals surface area (Å²) in [6.45, 7) is 5.11. The third kappa shape index (κ3) is 5.21. The van der Waals surface area contributed by atoms with Crippen LogP contribution in [0.2, 0.25) is 0 Å². The fourth-order valence-electron chi connectivity index (χ4n) is 1.75. The van der Waals surface area contributed by atoms with E-state index in [1.54, 1.807) is 6.07 Å². The van der Waals surface area contributed by atoms with E-state index in [1.165, 1.54) is 0 Å². The first-order valence-electron chi connectivity index (χ1n) is 6.90. The molecular weight excluding hydrogens is 283 g/mol. The highest BCUT2D eigenvalue weighted by Gasteiger charge is 2.37. The standard InChI is InChI=1S/C15H22F3NO2/c1-5-20-14-7-6-12(10(2)19-4)8-13(14)9-21-11(3)15(16,17)18/h6-8,10-11,19H,5,9H2,1-4H3. The smallest absolute Gasteiger partial charge is 0.414 e. The number of nitrogens with one attached hydrogen (secondary N) is 1. The van der Waals surface area contributed by atoms with Crippen LogP contribution in [0.25, 0.3) is 0 Å². The topological polar surface area (TPSA) is 30.5 Å². The summed E-state index contributed by atoms with van der Waals surface area (Å²) in [7, 11) is 1.82. The zero-order valence-electron chi connectivity index (χ0n) is 12.8. The Bertz CT molecular complexity index is 449. The van der Waals surface area contributed by atoms with E-state index < -0.39 is 12.3 Å². The maximum Gasteiger partial charge on any atom is 0.414 e. The van der Waals surface area contributed by atoms with Gasteiger partial charge in [-0.15, -0.1) is 0 Å². The van der Waals surface area contributed by atoms with Crippen LogP contribution in [0.15, 0.2) is 18.2 Å². The van der Waals surface area contributed by atoms with Gasteiger partial charge in [0.25, 0.3) is 0 Å². The predicted octanol–water partition coefficient (Wildman–Crippen LogP) is 3.83. The van der Waals surface area contributed by atoms with E-state index in [0.29, 0.717) is 17.9 Å². The van der Waals surface area contributed by atoms with Crippen molar-refractivity contribution in [3.8, 4) is 5.75 Å². The maximum atomic E-state index is 12.5. The molecule has 0 amide bonds. The predicted molar refractivity (Wildman–Crippen MR) is 75.4 cm³/mol. The first-order valence-corrected chi connectivity index (χ1v) is 6.90. The Labute approximate surface area is 123 Å². The summed E-state index contributed by atoms with van der Waals surface area (Å²) in [6.07, 6.45) is -6.17. The van der Waals surface area contributed by atoms with Gasteiger partial charge in [0, 0.05) is 11.6 Å². The van der Waals surface area contributed by atoms with Gasteiger partial charge in [-0.2, -0.15) is 13.2 Å². The lowest BCUT2D eigenvalue weighted by atomic mass is 10.0. The van der Waals surface area contributed by atoms with Gasteiger partial charge in [0.15, 0.2) is 6.10 Å². The molecule has 120 valence electrons. The van der Waals surface area contributed by atoms with E-state index in [0.717, 1.165) is 12.5 Å². The summed E-state index contributed by atoms with van der Waals surface area (Å²) in [5.41, 5.74) is 1.59. The summed E-state index contributed by atoms with van der Waals surface area (Å²) in [4.78, 5) is 0. The zero-order chi connectivity index (χ0) is 16.0. The number of rotatable bonds is 7. The number of hydrogen-bond donors (Lipinski definition) is 1. The summed E-state index contributed by atoms with van der Waals surface area (Å²) < 4.78 is 47.9. The lowest BCUT2D eigenvalue weighted by Crippen LogP contribution is -2.28. The number of alkyl halides is 3. The highest BCUT2D eigenvalue weighted by atomic mass is 19.4. The summed E-state index contributed by atoms with van der Waals surface area (Å²) in [5.74, 6) is 0.555. The molecule has 2 unspecified atom stereocenters. The van der Waals surface area contributed by atoms with Crippen LogP contribution in [0, 0.1) is 0 Å². The van der Waals surface area contributed by atoms with Crippen molar-refractivity contribution in [3.63, 3.8) is 0 Å². The van der Waals surface area contributed by atoms with Crippen LogP contribution in [-0.4, -0.2) is 25.9 Å². The highest BCUT2D eigenvalue weighted by Crippen LogP contribution is 2.27. The second-order valence-electron chi connectivity index (χ2n) is 4.81. The van der Waals surface area contributed by atoms with Crippen LogP contribution in [0.4, 0.5) is 13.2 Å². The Morgan fingerprint density at radius 3 is 2.43 bits per heavy atom. The van der Waals surface area contributed by atoms with E-state index >= 15 is 0 Å². The Balaban J connectivity index is 2.90. The Hall–Kier alpha value is -1.27. The Morgan fingerprint density at radius 2 is 1.90 bits per heavy atom. The van der Waals surface area contributed by atoms with Gasteiger partial charge in [-0.05, 0) is 45.5 Å². The second-order valence-corrected chi connectivity index (χ2v) is 4.81. The maximum absolute atomic E-state index is 12.5. The summed E-state index contributed by atoms with van der Waals surface area (Å²) >= 11 is 0. The highest BCUT2D eigenvalue weighted by molar-refractivity contribution is 5.38. The van der Waals surface area contributed by atoms with Gasteiger partial charge >= 0.3 is 6.18 Å². The van der Waals surface area contributed by atoms with Crippen molar-refractivity contribution in [1.82, 2.24) is 5.32 Å².